The second kappa shape index (κ2) is 5.70. The minimum absolute atomic E-state index is 0.457. The summed E-state index contributed by atoms with van der Waals surface area (Å²) in [5.41, 5.74) is 4.36. The second-order valence-corrected chi connectivity index (χ2v) is 5.15. The summed E-state index contributed by atoms with van der Waals surface area (Å²) in [4.78, 5) is 0. The highest BCUT2D eigenvalue weighted by Gasteiger charge is 2.11. The van der Waals surface area contributed by atoms with E-state index in [4.69, 9.17) is 0 Å². The van der Waals surface area contributed by atoms with E-state index in [1.54, 1.807) is 0 Å². The first-order valence-electron chi connectivity index (χ1n) is 6.64. The first-order chi connectivity index (χ1) is 9.52. The van der Waals surface area contributed by atoms with Gasteiger partial charge in [-0.15, -0.1) is 5.10 Å². The standard InChI is InChI=1S/C16H18N4/c1-10(2)13-6-5-7-14(8-13)18-16-15(9-17)11(3)12(4)19-20-16/h5-8,10H,1-4H3,(H,18,20). The molecule has 0 saturated heterocycles. The van der Waals surface area contributed by atoms with Crippen LogP contribution in [-0.4, -0.2) is 10.2 Å². The summed E-state index contributed by atoms with van der Waals surface area (Å²) in [6.07, 6.45) is 0. The number of hydrogen-bond acceptors (Lipinski definition) is 4. The number of rotatable bonds is 3. The van der Waals surface area contributed by atoms with Crippen molar-refractivity contribution >= 4 is 11.5 Å². The van der Waals surface area contributed by atoms with Crippen LogP contribution in [0.4, 0.5) is 11.5 Å². The lowest BCUT2D eigenvalue weighted by molar-refractivity contribution is 0.867. The Kier molecular flexibility index (Phi) is 3.99. The molecule has 1 aromatic heterocycles. The zero-order chi connectivity index (χ0) is 14.7. The van der Waals surface area contributed by atoms with Crippen LogP contribution in [0.2, 0.25) is 0 Å². The third-order valence-electron chi connectivity index (χ3n) is 3.38. The summed E-state index contributed by atoms with van der Waals surface area (Å²) in [5.74, 6) is 0.967. The Hall–Kier alpha value is -2.41. The fraction of sp³-hybridized carbons (Fsp3) is 0.312. The Labute approximate surface area is 119 Å². The first kappa shape index (κ1) is 14.0. The van der Waals surface area contributed by atoms with Crippen LogP contribution in [0.1, 0.15) is 42.1 Å². The van der Waals surface area contributed by atoms with E-state index in [-0.39, 0.29) is 0 Å². The summed E-state index contributed by atoms with van der Waals surface area (Å²) in [5, 5.41) is 20.7. The molecule has 0 unspecified atom stereocenters. The lowest BCUT2D eigenvalue weighted by atomic mass is 10.0. The van der Waals surface area contributed by atoms with Crippen LogP contribution in [0, 0.1) is 25.2 Å². The molecule has 0 spiro atoms. The minimum atomic E-state index is 0.457. The van der Waals surface area contributed by atoms with Gasteiger partial charge in [0.05, 0.1) is 5.69 Å². The van der Waals surface area contributed by atoms with Crippen molar-refractivity contribution in [3.8, 4) is 6.07 Å². The predicted molar refractivity (Wildman–Crippen MR) is 80.0 cm³/mol. The molecule has 102 valence electrons. The highest BCUT2D eigenvalue weighted by Crippen LogP contribution is 2.24. The molecule has 2 aromatic rings. The fourth-order valence-corrected chi connectivity index (χ4v) is 1.95. The number of anilines is 2. The molecule has 1 heterocycles. The van der Waals surface area contributed by atoms with Crippen LogP contribution in [0.25, 0.3) is 0 Å². The van der Waals surface area contributed by atoms with Crippen molar-refractivity contribution in [2.45, 2.75) is 33.6 Å². The zero-order valence-corrected chi connectivity index (χ0v) is 12.2. The molecule has 0 saturated carbocycles. The molecule has 0 aliphatic heterocycles. The van der Waals surface area contributed by atoms with E-state index in [0.29, 0.717) is 17.3 Å². The molecule has 2 rings (SSSR count). The molecule has 0 aliphatic carbocycles. The fourth-order valence-electron chi connectivity index (χ4n) is 1.95. The normalized spacial score (nSPS) is 10.4. The lowest BCUT2D eigenvalue weighted by Gasteiger charge is -2.11. The molecule has 4 nitrogen and oxygen atoms in total. The molecule has 0 fully saturated rings. The van der Waals surface area contributed by atoms with Crippen LogP contribution < -0.4 is 5.32 Å². The molecule has 4 heteroatoms. The Morgan fingerprint density at radius 1 is 1.20 bits per heavy atom. The molecular weight excluding hydrogens is 248 g/mol. The van der Waals surface area contributed by atoms with Gasteiger partial charge in [0, 0.05) is 5.69 Å². The van der Waals surface area contributed by atoms with Crippen molar-refractivity contribution in [1.29, 1.82) is 5.26 Å². The van der Waals surface area contributed by atoms with Crippen molar-refractivity contribution < 1.29 is 0 Å². The van der Waals surface area contributed by atoms with Crippen LogP contribution >= 0.6 is 0 Å². The Morgan fingerprint density at radius 2 is 1.95 bits per heavy atom. The summed E-state index contributed by atoms with van der Waals surface area (Å²) in [6.45, 7) is 8.04. The van der Waals surface area contributed by atoms with Crippen molar-refractivity contribution in [3.05, 3.63) is 46.6 Å². The monoisotopic (exact) mass is 266 g/mol. The average molecular weight is 266 g/mol. The number of benzene rings is 1. The van der Waals surface area contributed by atoms with E-state index in [0.717, 1.165) is 16.9 Å². The van der Waals surface area contributed by atoms with Gasteiger partial charge < -0.3 is 5.32 Å². The largest absolute Gasteiger partial charge is 0.338 e. The van der Waals surface area contributed by atoms with Gasteiger partial charge in [0.25, 0.3) is 0 Å². The molecule has 0 aliphatic rings. The van der Waals surface area contributed by atoms with Crippen molar-refractivity contribution in [2.24, 2.45) is 0 Å². The number of aryl methyl sites for hydroxylation is 1. The highest BCUT2D eigenvalue weighted by molar-refractivity contribution is 5.64. The van der Waals surface area contributed by atoms with Crippen LogP contribution in [0.3, 0.4) is 0 Å². The summed E-state index contributed by atoms with van der Waals surface area (Å²) in [7, 11) is 0. The van der Waals surface area contributed by atoms with Gasteiger partial charge in [0.1, 0.15) is 11.6 Å². The van der Waals surface area contributed by atoms with Crippen LogP contribution in [-0.2, 0) is 0 Å². The van der Waals surface area contributed by atoms with E-state index in [2.05, 4.69) is 47.6 Å². The number of nitrogens with one attached hydrogen (secondary N) is 1. The SMILES string of the molecule is Cc1nnc(Nc2cccc(C(C)C)c2)c(C#N)c1C. The van der Waals surface area contributed by atoms with Crippen molar-refractivity contribution in [1.82, 2.24) is 10.2 Å². The predicted octanol–water partition coefficient (Wildman–Crippen LogP) is 3.83. The lowest BCUT2D eigenvalue weighted by Crippen LogP contribution is -2.04. The maximum absolute atomic E-state index is 9.29. The Balaban J connectivity index is 2.38. The molecule has 0 atom stereocenters. The molecule has 0 amide bonds. The molecule has 1 N–H and O–H groups in total. The van der Waals surface area contributed by atoms with E-state index in [1.165, 1.54) is 5.56 Å². The van der Waals surface area contributed by atoms with E-state index >= 15 is 0 Å². The number of aromatic nitrogens is 2. The molecule has 0 radical (unpaired) electrons. The van der Waals surface area contributed by atoms with Gasteiger partial charge in [0.15, 0.2) is 5.82 Å². The Bertz CT molecular complexity index is 669. The van der Waals surface area contributed by atoms with Gasteiger partial charge in [0.2, 0.25) is 0 Å². The van der Waals surface area contributed by atoms with Crippen molar-refractivity contribution in [2.75, 3.05) is 5.32 Å². The van der Waals surface area contributed by atoms with E-state index < -0.39 is 0 Å². The quantitative estimate of drug-likeness (QED) is 0.917. The minimum Gasteiger partial charge on any atom is -0.338 e. The van der Waals surface area contributed by atoms with Gasteiger partial charge in [-0.3, -0.25) is 0 Å². The number of nitriles is 1. The van der Waals surface area contributed by atoms with Gasteiger partial charge in [-0.1, -0.05) is 26.0 Å². The van der Waals surface area contributed by atoms with Gasteiger partial charge in [-0.05, 0) is 43.0 Å². The summed E-state index contributed by atoms with van der Waals surface area (Å²) < 4.78 is 0. The summed E-state index contributed by atoms with van der Waals surface area (Å²) >= 11 is 0. The number of hydrogen-bond donors (Lipinski definition) is 1. The second-order valence-electron chi connectivity index (χ2n) is 5.15. The topological polar surface area (TPSA) is 61.6 Å². The van der Waals surface area contributed by atoms with Crippen LogP contribution in [0.5, 0.6) is 0 Å². The van der Waals surface area contributed by atoms with Gasteiger partial charge in [-0.25, -0.2) is 0 Å². The van der Waals surface area contributed by atoms with Crippen molar-refractivity contribution in [3.63, 3.8) is 0 Å². The van der Waals surface area contributed by atoms with E-state index in [9.17, 15) is 5.26 Å². The molecular formula is C16H18N4. The Morgan fingerprint density at radius 3 is 2.60 bits per heavy atom. The number of nitrogens with zero attached hydrogens (tertiary/aromatic N) is 3. The molecule has 0 bridgehead atoms. The summed E-state index contributed by atoms with van der Waals surface area (Å²) in [6, 6.07) is 10.3. The van der Waals surface area contributed by atoms with Gasteiger partial charge >= 0.3 is 0 Å². The third kappa shape index (κ3) is 2.77. The average Bonchev–Trinajstić information content (AvgIpc) is 2.43. The smallest absolute Gasteiger partial charge is 0.171 e. The molecule has 1 aromatic carbocycles. The third-order valence-corrected chi connectivity index (χ3v) is 3.38. The molecule has 20 heavy (non-hydrogen) atoms. The zero-order valence-electron chi connectivity index (χ0n) is 12.2. The maximum Gasteiger partial charge on any atom is 0.171 e. The van der Waals surface area contributed by atoms with Gasteiger partial charge in [-0.2, -0.15) is 10.4 Å². The first-order valence-corrected chi connectivity index (χ1v) is 6.64. The van der Waals surface area contributed by atoms with Crippen LogP contribution in [0.15, 0.2) is 24.3 Å². The maximum atomic E-state index is 9.29. The highest BCUT2D eigenvalue weighted by atomic mass is 15.2. The van der Waals surface area contributed by atoms with E-state index in [1.807, 2.05) is 26.0 Å².